The van der Waals surface area contributed by atoms with Gasteiger partial charge in [0.15, 0.2) is 0 Å². The fourth-order valence-electron chi connectivity index (χ4n) is 5.06. The zero-order valence-electron chi connectivity index (χ0n) is 22.2. The van der Waals surface area contributed by atoms with Crippen molar-refractivity contribution in [2.24, 2.45) is 7.05 Å². The predicted molar refractivity (Wildman–Crippen MR) is 149 cm³/mol. The first-order valence-electron chi connectivity index (χ1n) is 12.7. The maximum Gasteiger partial charge on any atom is 0.573 e. The van der Waals surface area contributed by atoms with E-state index in [9.17, 15) is 17.4 Å². The number of rotatable bonds is 7. The SMILES string of the molecule is C=S1(=O)CCN(C(C)(C)CCc2cn(-c3cnn(C)c3)c3nc(-c4ccc(OC(F)(F)F)cc4)ccc23)CC1. The highest BCUT2D eigenvalue weighted by Gasteiger charge is 2.32. The predicted octanol–water partition coefficient (Wildman–Crippen LogP) is 5.07. The Balaban J connectivity index is 1.45. The molecule has 0 saturated carbocycles. The molecular formula is C28H32F3N5O2S. The molecule has 0 radical (unpaired) electrons. The molecule has 39 heavy (non-hydrogen) atoms. The van der Waals surface area contributed by atoms with Crippen molar-refractivity contribution in [3.05, 3.63) is 60.6 Å². The fourth-order valence-corrected chi connectivity index (χ4v) is 6.37. The Labute approximate surface area is 226 Å². The van der Waals surface area contributed by atoms with Gasteiger partial charge >= 0.3 is 6.36 Å². The summed E-state index contributed by atoms with van der Waals surface area (Å²) in [6.07, 6.45) is 2.76. The number of alkyl halides is 3. The summed E-state index contributed by atoms with van der Waals surface area (Å²) in [6.45, 7) is 6.02. The molecule has 1 saturated heterocycles. The van der Waals surface area contributed by atoms with Gasteiger partial charge in [0.1, 0.15) is 11.4 Å². The standard InChI is InChI=1S/C28H32F3N5O2S/c1-27(2,35-13-15-39(4,37)16-14-35)12-11-21-18-36(22-17-32-34(3)19-22)26-24(21)9-10-25(33-26)20-5-7-23(8-6-20)38-28(29,30)31/h5-10,17-19H,4,11-16H2,1-3H3. The Morgan fingerprint density at radius 2 is 1.74 bits per heavy atom. The molecule has 1 aliphatic rings. The minimum atomic E-state index is -4.74. The third-order valence-electron chi connectivity index (χ3n) is 7.42. The van der Waals surface area contributed by atoms with E-state index < -0.39 is 15.9 Å². The van der Waals surface area contributed by atoms with Gasteiger partial charge in [-0.1, -0.05) is 0 Å². The summed E-state index contributed by atoms with van der Waals surface area (Å²) in [5, 5.41) is 5.32. The Bertz CT molecular complexity index is 1570. The molecule has 0 atom stereocenters. The van der Waals surface area contributed by atoms with Crippen molar-refractivity contribution in [1.29, 1.82) is 0 Å². The maximum absolute atomic E-state index is 12.6. The lowest BCUT2D eigenvalue weighted by Gasteiger charge is -2.42. The molecule has 1 aliphatic heterocycles. The van der Waals surface area contributed by atoms with E-state index in [-0.39, 0.29) is 11.3 Å². The monoisotopic (exact) mass is 559 g/mol. The van der Waals surface area contributed by atoms with Crippen LogP contribution in [0.5, 0.6) is 5.75 Å². The van der Waals surface area contributed by atoms with Crippen molar-refractivity contribution >= 4 is 26.4 Å². The van der Waals surface area contributed by atoms with E-state index >= 15 is 0 Å². The first-order valence-corrected chi connectivity index (χ1v) is 14.8. The van der Waals surface area contributed by atoms with Crippen LogP contribution >= 0.6 is 0 Å². The molecule has 1 fully saturated rings. The molecule has 0 amide bonds. The molecule has 11 heteroatoms. The third-order valence-corrected chi connectivity index (χ3v) is 9.27. The number of nitrogens with zero attached hydrogens (tertiary/aromatic N) is 5. The summed E-state index contributed by atoms with van der Waals surface area (Å²) in [5.41, 5.74) is 4.01. The minimum absolute atomic E-state index is 0.0771. The van der Waals surface area contributed by atoms with Gasteiger partial charge in [0.2, 0.25) is 0 Å². The van der Waals surface area contributed by atoms with Crippen LogP contribution in [0.2, 0.25) is 0 Å². The average molecular weight is 560 g/mol. The largest absolute Gasteiger partial charge is 0.573 e. The fraction of sp³-hybridized carbons (Fsp3) is 0.393. The number of halogens is 3. The number of aryl methyl sites for hydroxylation is 2. The van der Waals surface area contributed by atoms with Gasteiger partial charge in [-0.3, -0.25) is 18.4 Å². The number of hydrogen-bond acceptors (Lipinski definition) is 5. The maximum atomic E-state index is 12.6. The van der Waals surface area contributed by atoms with Crippen LogP contribution in [0.1, 0.15) is 25.8 Å². The van der Waals surface area contributed by atoms with E-state index in [4.69, 9.17) is 4.98 Å². The van der Waals surface area contributed by atoms with Gasteiger partial charge in [-0.05, 0) is 84.0 Å². The lowest BCUT2D eigenvalue weighted by Crippen LogP contribution is -2.51. The molecule has 0 unspecified atom stereocenters. The normalized spacial score (nSPS) is 16.6. The topological polar surface area (TPSA) is 65.2 Å². The molecule has 0 aliphatic carbocycles. The number of benzene rings is 1. The smallest absolute Gasteiger partial charge is 0.406 e. The Morgan fingerprint density at radius 1 is 1.05 bits per heavy atom. The van der Waals surface area contributed by atoms with Crippen LogP contribution in [0.4, 0.5) is 13.2 Å². The molecule has 7 nitrogen and oxygen atoms in total. The second kappa shape index (κ2) is 10.0. The van der Waals surface area contributed by atoms with Crippen molar-refractivity contribution in [1.82, 2.24) is 24.2 Å². The van der Waals surface area contributed by atoms with Gasteiger partial charge in [-0.15, -0.1) is 13.2 Å². The Hall–Kier alpha value is -3.31. The van der Waals surface area contributed by atoms with Gasteiger partial charge in [-0.25, -0.2) is 4.98 Å². The molecule has 4 heterocycles. The summed E-state index contributed by atoms with van der Waals surface area (Å²) in [7, 11) is -0.101. The molecule has 4 aromatic rings. The van der Waals surface area contributed by atoms with Crippen LogP contribution in [0, 0.1) is 0 Å². The summed E-state index contributed by atoms with van der Waals surface area (Å²) < 4.78 is 57.8. The summed E-state index contributed by atoms with van der Waals surface area (Å²) in [5.74, 6) is 4.88. The van der Waals surface area contributed by atoms with E-state index in [1.165, 1.54) is 12.1 Å². The highest BCUT2D eigenvalue weighted by atomic mass is 32.2. The summed E-state index contributed by atoms with van der Waals surface area (Å²) >= 11 is 0. The van der Waals surface area contributed by atoms with Crippen molar-refractivity contribution in [2.45, 2.75) is 38.6 Å². The Morgan fingerprint density at radius 3 is 2.36 bits per heavy atom. The van der Waals surface area contributed by atoms with Crippen LogP contribution < -0.4 is 4.74 Å². The molecule has 1 aromatic carbocycles. The van der Waals surface area contributed by atoms with E-state index in [1.807, 2.05) is 29.9 Å². The first kappa shape index (κ1) is 27.3. The van der Waals surface area contributed by atoms with Crippen molar-refractivity contribution in [2.75, 3.05) is 24.6 Å². The van der Waals surface area contributed by atoms with Gasteiger partial charge in [0, 0.05) is 60.5 Å². The van der Waals surface area contributed by atoms with Crippen molar-refractivity contribution in [3.8, 4) is 22.7 Å². The van der Waals surface area contributed by atoms with Gasteiger partial charge in [0.05, 0.1) is 17.6 Å². The zero-order chi connectivity index (χ0) is 28.0. The molecular weight excluding hydrogens is 527 g/mol. The van der Waals surface area contributed by atoms with E-state index in [1.54, 1.807) is 23.0 Å². The summed E-state index contributed by atoms with van der Waals surface area (Å²) in [6, 6.07) is 9.62. The van der Waals surface area contributed by atoms with Crippen LogP contribution in [-0.2, 0) is 23.0 Å². The molecule has 0 bridgehead atoms. The van der Waals surface area contributed by atoms with Crippen molar-refractivity contribution in [3.63, 3.8) is 0 Å². The van der Waals surface area contributed by atoms with Crippen LogP contribution in [0.25, 0.3) is 28.0 Å². The van der Waals surface area contributed by atoms with E-state index in [0.717, 1.165) is 48.2 Å². The summed E-state index contributed by atoms with van der Waals surface area (Å²) in [4.78, 5) is 7.33. The number of hydrogen-bond donors (Lipinski definition) is 0. The van der Waals surface area contributed by atoms with Crippen molar-refractivity contribution < 1.29 is 22.1 Å². The highest BCUT2D eigenvalue weighted by molar-refractivity contribution is 8.00. The first-order chi connectivity index (χ1) is 18.3. The average Bonchev–Trinajstić information content (AvgIpc) is 3.45. The second-order valence-electron chi connectivity index (χ2n) is 10.7. The van der Waals surface area contributed by atoms with Crippen LogP contribution in [-0.4, -0.2) is 70.8 Å². The second-order valence-corrected chi connectivity index (χ2v) is 13.5. The van der Waals surface area contributed by atoms with E-state index in [0.29, 0.717) is 22.8 Å². The molecule has 0 N–H and O–H groups in total. The van der Waals surface area contributed by atoms with Gasteiger partial charge in [0.25, 0.3) is 0 Å². The molecule has 5 rings (SSSR count). The highest BCUT2D eigenvalue weighted by Crippen LogP contribution is 2.31. The number of fused-ring (bicyclic) bond motifs is 1. The van der Waals surface area contributed by atoms with E-state index in [2.05, 4.69) is 40.7 Å². The van der Waals surface area contributed by atoms with Gasteiger partial charge < -0.3 is 4.74 Å². The molecule has 208 valence electrons. The number of aromatic nitrogens is 4. The minimum Gasteiger partial charge on any atom is -0.406 e. The molecule has 0 spiro atoms. The van der Waals surface area contributed by atoms with Crippen LogP contribution in [0.15, 0.2) is 55.0 Å². The van der Waals surface area contributed by atoms with Gasteiger partial charge in [-0.2, -0.15) is 5.10 Å². The zero-order valence-corrected chi connectivity index (χ0v) is 23.1. The lowest BCUT2D eigenvalue weighted by molar-refractivity contribution is -0.274. The Kier molecular flexibility index (Phi) is 7.00. The number of pyridine rings is 1. The molecule has 3 aromatic heterocycles. The third kappa shape index (κ3) is 6.14. The lowest BCUT2D eigenvalue weighted by atomic mass is 9.93. The van der Waals surface area contributed by atoms with Crippen LogP contribution in [0.3, 0.4) is 0 Å². The quantitative estimate of drug-likeness (QED) is 0.296. The number of ether oxygens (including phenoxy) is 1.